The van der Waals surface area contributed by atoms with E-state index in [0.717, 1.165) is 5.56 Å². The van der Waals surface area contributed by atoms with Crippen LogP contribution in [0.4, 0.5) is 5.69 Å². The highest BCUT2D eigenvalue weighted by molar-refractivity contribution is 6.14. The number of carbonyl (C=O) groups is 3. The largest absolute Gasteiger partial charge is 0.452 e. The van der Waals surface area contributed by atoms with Crippen molar-refractivity contribution < 1.29 is 19.1 Å². The zero-order valence-electron chi connectivity index (χ0n) is 19.6. The number of ether oxygens (including phenoxy) is 1. The van der Waals surface area contributed by atoms with E-state index in [1.54, 1.807) is 91.3 Å². The molecule has 0 bridgehead atoms. The van der Waals surface area contributed by atoms with Gasteiger partial charge < -0.3 is 10.1 Å². The number of esters is 1. The molecule has 0 fully saturated rings. The maximum absolute atomic E-state index is 13.1. The summed E-state index contributed by atoms with van der Waals surface area (Å²) in [5.74, 6) is -1.44. The molecular weight excluding hydrogens is 466 g/mol. The Bertz CT molecular complexity index is 1600. The lowest BCUT2D eigenvalue weighted by Gasteiger charge is -2.12. The second-order valence-electron chi connectivity index (χ2n) is 8.18. The van der Waals surface area contributed by atoms with E-state index < -0.39 is 18.5 Å². The highest BCUT2D eigenvalue weighted by Gasteiger charge is 2.18. The van der Waals surface area contributed by atoms with Gasteiger partial charge in [-0.05, 0) is 36.4 Å². The van der Waals surface area contributed by atoms with Gasteiger partial charge in [-0.3, -0.25) is 14.6 Å². The topological polar surface area (TPSA) is 98.2 Å². The van der Waals surface area contributed by atoms with E-state index in [1.165, 1.54) is 0 Å². The minimum Gasteiger partial charge on any atom is -0.452 e. The lowest BCUT2D eigenvalue weighted by Crippen LogP contribution is -2.22. The lowest BCUT2D eigenvalue weighted by atomic mass is 10.0. The quantitative estimate of drug-likeness (QED) is 0.246. The van der Waals surface area contributed by atoms with Crippen LogP contribution in [0.15, 0.2) is 109 Å². The molecule has 0 spiro atoms. The van der Waals surface area contributed by atoms with Crippen LogP contribution in [0.1, 0.15) is 26.3 Å². The van der Waals surface area contributed by atoms with E-state index in [4.69, 9.17) is 4.74 Å². The van der Waals surface area contributed by atoms with Crippen molar-refractivity contribution in [3.63, 3.8) is 0 Å². The number of ketones is 1. The average molecular weight is 488 g/mol. The third-order valence-corrected chi connectivity index (χ3v) is 5.71. The number of nitrogens with zero attached hydrogens (tertiary/aromatic N) is 2. The van der Waals surface area contributed by atoms with E-state index in [0.29, 0.717) is 33.4 Å². The van der Waals surface area contributed by atoms with Crippen LogP contribution in [0.2, 0.25) is 0 Å². The van der Waals surface area contributed by atoms with Crippen molar-refractivity contribution in [2.24, 2.45) is 0 Å². The smallest absolute Gasteiger partial charge is 0.339 e. The third-order valence-electron chi connectivity index (χ3n) is 5.71. The van der Waals surface area contributed by atoms with Crippen molar-refractivity contribution in [3.8, 4) is 11.3 Å². The molecule has 0 aliphatic heterocycles. The lowest BCUT2D eigenvalue weighted by molar-refractivity contribution is -0.119. The number of benzene rings is 3. The summed E-state index contributed by atoms with van der Waals surface area (Å²) in [5, 5.41) is 3.30. The van der Waals surface area contributed by atoms with Crippen LogP contribution in [-0.2, 0) is 9.53 Å². The van der Waals surface area contributed by atoms with Gasteiger partial charge in [0.05, 0.1) is 22.5 Å². The normalized spacial score (nSPS) is 10.6. The number of hydrogen-bond donors (Lipinski definition) is 1. The number of nitrogens with one attached hydrogen (secondary N) is 1. The fourth-order valence-electron chi connectivity index (χ4n) is 3.94. The number of fused-ring (bicyclic) bond motifs is 1. The average Bonchev–Trinajstić information content (AvgIpc) is 2.96. The Kier molecular flexibility index (Phi) is 6.76. The van der Waals surface area contributed by atoms with Gasteiger partial charge in [0, 0.05) is 34.5 Å². The van der Waals surface area contributed by atoms with Gasteiger partial charge in [-0.2, -0.15) is 0 Å². The van der Waals surface area contributed by atoms with Crippen LogP contribution in [-0.4, -0.2) is 34.2 Å². The van der Waals surface area contributed by atoms with E-state index in [2.05, 4.69) is 15.3 Å². The second kappa shape index (κ2) is 10.6. The predicted molar refractivity (Wildman–Crippen MR) is 140 cm³/mol. The highest BCUT2D eigenvalue weighted by Crippen LogP contribution is 2.25. The number of hydrogen-bond acceptors (Lipinski definition) is 6. The van der Waals surface area contributed by atoms with Gasteiger partial charge in [0.15, 0.2) is 12.4 Å². The van der Waals surface area contributed by atoms with Gasteiger partial charge in [0.25, 0.3) is 5.91 Å². The van der Waals surface area contributed by atoms with Gasteiger partial charge in [0.2, 0.25) is 0 Å². The number of rotatable bonds is 7. The first-order valence-corrected chi connectivity index (χ1v) is 11.6. The number of aromatic nitrogens is 2. The van der Waals surface area contributed by atoms with Gasteiger partial charge in [-0.1, -0.05) is 60.7 Å². The molecule has 0 aliphatic rings. The molecule has 0 aliphatic carbocycles. The molecule has 7 heteroatoms. The van der Waals surface area contributed by atoms with Crippen molar-refractivity contribution in [3.05, 3.63) is 126 Å². The summed E-state index contributed by atoms with van der Waals surface area (Å²) in [4.78, 5) is 47.4. The molecule has 180 valence electrons. The SMILES string of the molecule is O=C(COC(=O)c1cc(-c2cccnc2)nc2ccccc12)Nc1ccccc1C(=O)c1ccccc1. The molecule has 5 aromatic rings. The van der Waals surface area contributed by atoms with Gasteiger partial charge in [0.1, 0.15) is 0 Å². The van der Waals surface area contributed by atoms with E-state index in [-0.39, 0.29) is 11.3 Å². The number of pyridine rings is 2. The van der Waals surface area contributed by atoms with Gasteiger partial charge in [-0.15, -0.1) is 0 Å². The summed E-state index contributed by atoms with van der Waals surface area (Å²) in [5.41, 5.74) is 3.41. The molecule has 7 nitrogen and oxygen atoms in total. The summed E-state index contributed by atoms with van der Waals surface area (Å²) >= 11 is 0. The van der Waals surface area contributed by atoms with Gasteiger partial charge >= 0.3 is 5.97 Å². The molecule has 0 unspecified atom stereocenters. The minimum atomic E-state index is -0.660. The minimum absolute atomic E-state index is 0.223. The summed E-state index contributed by atoms with van der Waals surface area (Å²) in [6, 6.07) is 28.0. The van der Waals surface area contributed by atoms with E-state index >= 15 is 0 Å². The molecule has 37 heavy (non-hydrogen) atoms. The van der Waals surface area contributed by atoms with Crippen molar-refractivity contribution in [2.75, 3.05) is 11.9 Å². The summed E-state index contributed by atoms with van der Waals surface area (Å²) in [7, 11) is 0. The Morgan fingerprint density at radius 1 is 0.784 bits per heavy atom. The van der Waals surface area contributed by atoms with Crippen molar-refractivity contribution in [1.29, 1.82) is 0 Å². The first kappa shape index (κ1) is 23.6. The van der Waals surface area contributed by atoms with Crippen molar-refractivity contribution >= 4 is 34.3 Å². The van der Waals surface area contributed by atoms with E-state index in [9.17, 15) is 14.4 Å². The third kappa shape index (κ3) is 5.26. The number of para-hydroxylation sites is 2. The molecule has 1 N–H and O–H groups in total. The first-order valence-electron chi connectivity index (χ1n) is 11.6. The summed E-state index contributed by atoms with van der Waals surface area (Å²) in [6.45, 7) is -0.522. The fraction of sp³-hybridized carbons (Fsp3) is 0.0333. The molecule has 0 saturated carbocycles. The Labute approximate surface area is 212 Å². The van der Waals surface area contributed by atoms with Crippen LogP contribution in [0.25, 0.3) is 22.2 Å². The summed E-state index contributed by atoms with van der Waals surface area (Å²) < 4.78 is 5.37. The molecular formula is C30H21N3O4. The second-order valence-corrected chi connectivity index (χ2v) is 8.18. The Balaban J connectivity index is 1.33. The fourth-order valence-corrected chi connectivity index (χ4v) is 3.94. The standard InChI is InChI=1S/C30H21N3O4/c34-28(33-26-15-7-5-13-23(26)29(35)20-9-2-1-3-10-20)19-37-30(36)24-17-27(21-11-8-16-31-18-21)32-25-14-6-4-12-22(24)25/h1-18H,19H2,(H,33,34). The Morgan fingerprint density at radius 2 is 1.54 bits per heavy atom. The zero-order chi connectivity index (χ0) is 25.6. The van der Waals surface area contributed by atoms with Crippen LogP contribution in [0, 0.1) is 0 Å². The first-order chi connectivity index (χ1) is 18.1. The van der Waals surface area contributed by atoms with Crippen LogP contribution >= 0.6 is 0 Å². The van der Waals surface area contributed by atoms with Crippen molar-refractivity contribution in [2.45, 2.75) is 0 Å². The molecule has 2 heterocycles. The van der Waals surface area contributed by atoms with Gasteiger partial charge in [-0.25, -0.2) is 9.78 Å². The molecule has 0 radical (unpaired) electrons. The molecule has 5 rings (SSSR count). The highest BCUT2D eigenvalue weighted by atomic mass is 16.5. The summed E-state index contributed by atoms with van der Waals surface area (Å²) in [6.07, 6.45) is 3.32. The molecule has 0 atom stereocenters. The molecule has 3 aromatic carbocycles. The number of carbonyl (C=O) groups excluding carboxylic acids is 3. The van der Waals surface area contributed by atoms with E-state index in [1.807, 2.05) is 18.2 Å². The molecule has 1 amide bonds. The van der Waals surface area contributed by atoms with Crippen LogP contribution in [0.3, 0.4) is 0 Å². The Hall–Kier alpha value is -5.17. The monoisotopic (exact) mass is 487 g/mol. The van der Waals surface area contributed by atoms with Crippen molar-refractivity contribution in [1.82, 2.24) is 9.97 Å². The Morgan fingerprint density at radius 3 is 2.35 bits per heavy atom. The number of anilines is 1. The van der Waals surface area contributed by atoms with Crippen LogP contribution in [0.5, 0.6) is 0 Å². The maximum Gasteiger partial charge on any atom is 0.339 e. The molecule has 2 aromatic heterocycles. The number of amides is 1. The zero-order valence-corrected chi connectivity index (χ0v) is 19.6. The van der Waals surface area contributed by atoms with Crippen LogP contribution < -0.4 is 5.32 Å². The molecule has 0 saturated heterocycles. The predicted octanol–water partition coefficient (Wildman–Crippen LogP) is 5.32. The maximum atomic E-state index is 13.1.